The van der Waals surface area contributed by atoms with Crippen molar-refractivity contribution in [3.05, 3.63) is 29.6 Å². The molecule has 0 radical (unpaired) electrons. The molecule has 0 bridgehead atoms. The lowest BCUT2D eigenvalue weighted by Crippen LogP contribution is -2.22. The summed E-state index contributed by atoms with van der Waals surface area (Å²) in [6.07, 6.45) is 1.74. The van der Waals surface area contributed by atoms with Gasteiger partial charge in [0, 0.05) is 17.6 Å². The van der Waals surface area contributed by atoms with Gasteiger partial charge in [0.15, 0.2) is 0 Å². The van der Waals surface area contributed by atoms with Gasteiger partial charge in [-0.2, -0.15) is 0 Å². The topological polar surface area (TPSA) is 47.3 Å². The van der Waals surface area contributed by atoms with E-state index in [-0.39, 0.29) is 17.9 Å². The minimum atomic E-state index is -0.248. The van der Waals surface area contributed by atoms with E-state index < -0.39 is 0 Å². The molecule has 0 saturated heterocycles. The fraction of sp³-hybridized carbons (Fsp3) is 0.538. The number of ether oxygens (including phenoxy) is 1. The average Bonchev–Trinajstić information content (AvgIpc) is 2.30. The molecule has 2 unspecified atom stereocenters. The van der Waals surface area contributed by atoms with E-state index in [1.807, 2.05) is 14.0 Å². The Labute approximate surface area is 102 Å². The highest BCUT2D eigenvalue weighted by Crippen LogP contribution is 2.28. The first kappa shape index (κ1) is 13.9. The Morgan fingerprint density at radius 1 is 1.41 bits per heavy atom. The molecule has 0 aromatic heterocycles. The Morgan fingerprint density at radius 2 is 2.12 bits per heavy atom. The molecule has 2 atom stereocenters. The molecule has 3 nitrogen and oxygen atoms in total. The lowest BCUT2D eigenvalue weighted by molar-refractivity contribution is 0.393. The Balaban J connectivity index is 2.89. The van der Waals surface area contributed by atoms with E-state index in [0.29, 0.717) is 5.75 Å². The summed E-state index contributed by atoms with van der Waals surface area (Å²) < 4.78 is 18.5. The van der Waals surface area contributed by atoms with Crippen LogP contribution in [0.25, 0.3) is 0 Å². The van der Waals surface area contributed by atoms with Crippen LogP contribution < -0.4 is 15.8 Å². The molecule has 0 aliphatic carbocycles. The molecule has 4 heteroatoms. The summed E-state index contributed by atoms with van der Waals surface area (Å²) in [5, 5.41) is 3.17. The summed E-state index contributed by atoms with van der Waals surface area (Å²) in [6.45, 7) is 1.97. The summed E-state index contributed by atoms with van der Waals surface area (Å²) >= 11 is 0. The Hall–Kier alpha value is -1.13. The Kier molecular flexibility index (Phi) is 5.38. The van der Waals surface area contributed by atoms with Crippen LogP contribution in [-0.2, 0) is 0 Å². The van der Waals surface area contributed by atoms with Crippen LogP contribution in [0.15, 0.2) is 18.2 Å². The SMILES string of the molecule is CNC(CCC(C)N)c1cc(F)ccc1OC. The minimum Gasteiger partial charge on any atom is -0.496 e. The zero-order valence-corrected chi connectivity index (χ0v) is 10.7. The quantitative estimate of drug-likeness (QED) is 0.801. The van der Waals surface area contributed by atoms with Crippen molar-refractivity contribution in [2.45, 2.75) is 31.8 Å². The third kappa shape index (κ3) is 3.98. The second kappa shape index (κ2) is 6.57. The van der Waals surface area contributed by atoms with E-state index in [9.17, 15) is 4.39 Å². The van der Waals surface area contributed by atoms with Crippen molar-refractivity contribution < 1.29 is 9.13 Å². The third-order valence-electron chi connectivity index (χ3n) is 2.83. The van der Waals surface area contributed by atoms with E-state index in [4.69, 9.17) is 10.5 Å². The second-order valence-electron chi connectivity index (χ2n) is 4.28. The van der Waals surface area contributed by atoms with Crippen molar-refractivity contribution >= 4 is 0 Å². The standard InChI is InChI=1S/C13H21FN2O/c1-9(15)4-6-12(16-2)11-8-10(14)5-7-13(11)17-3/h5,7-9,12,16H,4,6,15H2,1-3H3. The van der Waals surface area contributed by atoms with Gasteiger partial charge in [0.25, 0.3) is 0 Å². The molecule has 1 aromatic rings. The highest BCUT2D eigenvalue weighted by Gasteiger charge is 2.15. The predicted octanol–water partition coefficient (Wildman–Crippen LogP) is 2.22. The minimum absolute atomic E-state index is 0.0617. The smallest absolute Gasteiger partial charge is 0.123 e. The lowest BCUT2D eigenvalue weighted by Gasteiger charge is -2.20. The largest absolute Gasteiger partial charge is 0.496 e. The normalized spacial score (nSPS) is 14.4. The molecule has 96 valence electrons. The molecule has 1 aromatic carbocycles. The molecule has 1 rings (SSSR count). The van der Waals surface area contributed by atoms with Gasteiger partial charge in [-0.1, -0.05) is 0 Å². The zero-order chi connectivity index (χ0) is 12.8. The summed E-state index contributed by atoms with van der Waals surface area (Å²) in [7, 11) is 3.45. The first-order chi connectivity index (χ1) is 8.08. The third-order valence-corrected chi connectivity index (χ3v) is 2.83. The van der Waals surface area contributed by atoms with Crippen molar-refractivity contribution in [1.29, 1.82) is 0 Å². The monoisotopic (exact) mass is 240 g/mol. The van der Waals surface area contributed by atoms with Crippen molar-refractivity contribution in [2.75, 3.05) is 14.2 Å². The number of methoxy groups -OCH3 is 1. The number of nitrogens with two attached hydrogens (primary N) is 1. The molecule has 0 fully saturated rings. The highest BCUT2D eigenvalue weighted by molar-refractivity contribution is 5.36. The Bertz CT molecular complexity index is 355. The van der Waals surface area contributed by atoms with Gasteiger partial charge >= 0.3 is 0 Å². The summed E-state index contributed by atoms with van der Waals surface area (Å²) in [5.74, 6) is 0.456. The van der Waals surface area contributed by atoms with Gasteiger partial charge in [0.05, 0.1) is 7.11 Å². The number of hydrogen-bond donors (Lipinski definition) is 2. The van der Waals surface area contributed by atoms with E-state index in [1.54, 1.807) is 13.2 Å². The van der Waals surface area contributed by atoms with Crippen LogP contribution in [0.1, 0.15) is 31.4 Å². The fourth-order valence-corrected chi connectivity index (χ4v) is 1.86. The molecule has 0 saturated carbocycles. The molecule has 0 amide bonds. The van der Waals surface area contributed by atoms with Gasteiger partial charge in [-0.05, 0) is 45.0 Å². The Morgan fingerprint density at radius 3 is 2.65 bits per heavy atom. The molecule has 0 heterocycles. The van der Waals surface area contributed by atoms with Crippen molar-refractivity contribution in [2.24, 2.45) is 5.73 Å². The van der Waals surface area contributed by atoms with Crippen LogP contribution in [0, 0.1) is 5.82 Å². The highest BCUT2D eigenvalue weighted by atomic mass is 19.1. The van der Waals surface area contributed by atoms with Crippen LogP contribution in [0.3, 0.4) is 0 Å². The van der Waals surface area contributed by atoms with E-state index >= 15 is 0 Å². The van der Waals surface area contributed by atoms with Gasteiger partial charge in [-0.3, -0.25) is 0 Å². The molecule has 0 aliphatic heterocycles. The first-order valence-corrected chi connectivity index (χ1v) is 5.84. The maximum absolute atomic E-state index is 13.3. The summed E-state index contributed by atoms with van der Waals surface area (Å²) in [5.41, 5.74) is 6.58. The second-order valence-corrected chi connectivity index (χ2v) is 4.28. The van der Waals surface area contributed by atoms with E-state index in [1.165, 1.54) is 12.1 Å². The van der Waals surface area contributed by atoms with Gasteiger partial charge in [-0.15, -0.1) is 0 Å². The van der Waals surface area contributed by atoms with Crippen LogP contribution in [-0.4, -0.2) is 20.2 Å². The van der Waals surface area contributed by atoms with Crippen molar-refractivity contribution in [3.63, 3.8) is 0 Å². The maximum atomic E-state index is 13.3. The van der Waals surface area contributed by atoms with Gasteiger partial charge in [-0.25, -0.2) is 4.39 Å². The van der Waals surface area contributed by atoms with E-state index in [2.05, 4.69) is 5.32 Å². The van der Waals surface area contributed by atoms with Crippen LogP contribution in [0.5, 0.6) is 5.75 Å². The van der Waals surface area contributed by atoms with Crippen LogP contribution >= 0.6 is 0 Å². The zero-order valence-electron chi connectivity index (χ0n) is 10.7. The number of rotatable bonds is 6. The summed E-state index contributed by atoms with van der Waals surface area (Å²) in [4.78, 5) is 0. The van der Waals surface area contributed by atoms with Gasteiger partial charge in [0.2, 0.25) is 0 Å². The lowest BCUT2D eigenvalue weighted by atomic mass is 9.99. The molecule has 0 spiro atoms. The van der Waals surface area contributed by atoms with Crippen LogP contribution in [0.2, 0.25) is 0 Å². The fourth-order valence-electron chi connectivity index (χ4n) is 1.86. The van der Waals surface area contributed by atoms with Gasteiger partial charge < -0.3 is 15.8 Å². The van der Waals surface area contributed by atoms with Crippen LogP contribution in [0.4, 0.5) is 4.39 Å². The molecular formula is C13H21FN2O. The molecular weight excluding hydrogens is 219 g/mol. The molecule has 0 aliphatic rings. The van der Waals surface area contributed by atoms with Crippen molar-refractivity contribution in [3.8, 4) is 5.75 Å². The first-order valence-electron chi connectivity index (χ1n) is 5.84. The number of hydrogen-bond acceptors (Lipinski definition) is 3. The summed E-state index contributed by atoms with van der Waals surface area (Å²) in [6, 6.07) is 4.78. The average molecular weight is 240 g/mol. The number of benzene rings is 1. The number of halogens is 1. The molecule has 3 N–H and O–H groups in total. The van der Waals surface area contributed by atoms with E-state index in [0.717, 1.165) is 18.4 Å². The predicted molar refractivity (Wildman–Crippen MR) is 67.6 cm³/mol. The number of nitrogens with one attached hydrogen (secondary N) is 1. The maximum Gasteiger partial charge on any atom is 0.123 e. The van der Waals surface area contributed by atoms with Gasteiger partial charge in [0.1, 0.15) is 11.6 Å². The van der Waals surface area contributed by atoms with Crippen molar-refractivity contribution in [1.82, 2.24) is 5.32 Å². The molecule has 17 heavy (non-hydrogen) atoms.